The summed E-state index contributed by atoms with van der Waals surface area (Å²) in [5, 5.41) is 5.59. The van der Waals surface area contributed by atoms with Gasteiger partial charge < -0.3 is 15.0 Å². The Balaban J connectivity index is 1.91. The van der Waals surface area contributed by atoms with Gasteiger partial charge in [0.2, 0.25) is 0 Å². The van der Waals surface area contributed by atoms with Crippen molar-refractivity contribution in [1.29, 1.82) is 0 Å². The number of ether oxygens (including phenoxy) is 1. The Morgan fingerprint density at radius 1 is 1.60 bits per heavy atom. The summed E-state index contributed by atoms with van der Waals surface area (Å²) in [7, 11) is 2.13. The Hall–Kier alpha value is -1.11. The van der Waals surface area contributed by atoms with Crippen molar-refractivity contribution in [3.63, 3.8) is 0 Å². The normalized spacial score (nSPS) is 19.3. The molecule has 1 unspecified atom stereocenters. The summed E-state index contributed by atoms with van der Waals surface area (Å²) >= 11 is 1.68. The van der Waals surface area contributed by atoms with Gasteiger partial charge in [0.15, 0.2) is 10.8 Å². The molecule has 110 valence electrons. The van der Waals surface area contributed by atoms with Crippen LogP contribution in [0.25, 0.3) is 4.96 Å². The van der Waals surface area contributed by atoms with E-state index in [9.17, 15) is 0 Å². The van der Waals surface area contributed by atoms with Crippen LogP contribution in [0.1, 0.15) is 26.0 Å². The highest BCUT2D eigenvalue weighted by atomic mass is 32.1. The number of nitrogens with one attached hydrogen (secondary N) is 1. The van der Waals surface area contributed by atoms with Gasteiger partial charge >= 0.3 is 0 Å². The topological polar surface area (TPSA) is 41.8 Å². The van der Waals surface area contributed by atoms with Crippen molar-refractivity contribution in [2.24, 2.45) is 0 Å². The van der Waals surface area contributed by atoms with E-state index in [1.54, 1.807) is 11.3 Å². The maximum atomic E-state index is 5.50. The summed E-state index contributed by atoms with van der Waals surface area (Å²) in [5.41, 5.74) is 1.24. The van der Waals surface area contributed by atoms with Crippen LogP contribution in [0.4, 0.5) is 5.82 Å². The highest BCUT2D eigenvalue weighted by molar-refractivity contribution is 7.15. The van der Waals surface area contributed by atoms with Crippen molar-refractivity contribution < 1.29 is 4.74 Å². The molecule has 1 saturated heterocycles. The number of aromatic nitrogens is 2. The predicted octanol–water partition coefficient (Wildman–Crippen LogP) is 2.12. The van der Waals surface area contributed by atoms with E-state index >= 15 is 0 Å². The smallest absolute Gasteiger partial charge is 0.195 e. The molecule has 1 aliphatic heterocycles. The summed E-state index contributed by atoms with van der Waals surface area (Å²) in [6.45, 7) is 6.83. The molecule has 5 nitrogen and oxygen atoms in total. The van der Waals surface area contributed by atoms with Gasteiger partial charge in [-0.25, -0.2) is 4.98 Å². The summed E-state index contributed by atoms with van der Waals surface area (Å²) in [6, 6.07) is 0.907. The Morgan fingerprint density at radius 3 is 3.15 bits per heavy atom. The first-order valence-corrected chi connectivity index (χ1v) is 8.03. The molecule has 1 fully saturated rings. The van der Waals surface area contributed by atoms with Gasteiger partial charge in [0.1, 0.15) is 0 Å². The fraction of sp³-hybridized carbons (Fsp3) is 0.643. The van der Waals surface area contributed by atoms with Gasteiger partial charge in [-0.3, -0.25) is 4.40 Å². The number of hydrogen-bond acceptors (Lipinski definition) is 5. The van der Waals surface area contributed by atoms with E-state index in [-0.39, 0.29) is 0 Å². The number of likely N-dealkylation sites (N-methyl/N-ethyl adjacent to an activating group) is 1. The third-order valence-electron chi connectivity index (χ3n) is 3.81. The van der Waals surface area contributed by atoms with Crippen molar-refractivity contribution in [3.8, 4) is 0 Å². The van der Waals surface area contributed by atoms with Crippen molar-refractivity contribution in [1.82, 2.24) is 14.7 Å². The molecular formula is C14H22N4OS. The van der Waals surface area contributed by atoms with Crippen LogP contribution in [0, 0.1) is 0 Å². The largest absolute Gasteiger partial charge is 0.379 e. The fourth-order valence-electron chi connectivity index (χ4n) is 2.57. The van der Waals surface area contributed by atoms with Crippen LogP contribution in [0.15, 0.2) is 11.6 Å². The van der Waals surface area contributed by atoms with Gasteiger partial charge in [-0.1, -0.05) is 13.8 Å². The summed E-state index contributed by atoms with van der Waals surface area (Å²) < 4.78 is 7.70. The predicted molar refractivity (Wildman–Crippen MR) is 82.7 cm³/mol. The van der Waals surface area contributed by atoms with E-state index in [4.69, 9.17) is 9.72 Å². The highest BCUT2D eigenvalue weighted by Crippen LogP contribution is 2.27. The van der Waals surface area contributed by atoms with E-state index in [1.807, 2.05) is 0 Å². The first-order chi connectivity index (χ1) is 9.66. The maximum Gasteiger partial charge on any atom is 0.195 e. The molecule has 3 rings (SSSR count). The zero-order valence-corrected chi connectivity index (χ0v) is 13.1. The lowest BCUT2D eigenvalue weighted by atomic mass is 10.2. The van der Waals surface area contributed by atoms with Gasteiger partial charge in [-0.15, -0.1) is 11.3 Å². The molecule has 0 aliphatic carbocycles. The minimum Gasteiger partial charge on any atom is -0.379 e. The molecule has 0 bridgehead atoms. The van der Waals surface area contributed by atoms with Crippen LogP contribution in [-0.2, 0) is 11.3 Å². The van der Waals surface area contributed by atoms with E-state index in [0.29, 0.717) is 12.1 Å². The molecule has 2 aromatic rings. The number of anilines is 1. The number of rotatable bonds is 5. The molecule has 0 saturated carbocycles. The average molecular weight is 294 g/mol. The van der Waals surface area contributed by atoms with Gasteiger partial charge in [0, 0.05) is 37.8 Å². The second-order valence-corrected chi connectivity index (χ2v) is 6.47. The average Bonchev–Trinajstić information content (AvgIpc) is 3.12. The molecular weight excluding hydrogens is 272 g/mol. The number of nitrogens with zero attached hydrogens (tertiary/aromatic N) is 3. The Morgan fingerprint density at radius 2 is 2.45 bits per heavy atom. The molecule has 0 spiro atoms. The lowest BCUT2D eigenvalue weighted by Gasteiger charge is -2.24. The van der Waals surface area contributed by atoms with Crippen molar-refractivity contribution in [2.75, 3.05) is 25.2 Å². The number of thiazole rings is 1. The summed E-state index contributed by atoms with van der Waals surface area (Å²) in [6.07, 6.45) is 3.19. The van der Waals surface area contributed by atoms with E-state index in [1.165, 1.54) is 5.69 Å². The molecule has 0 amide bonds. The maximum absolute atomic E-state index is 5.50. The molecule has 0 aromatic carbocycles. The Labute approximate surface area is 123 Å². The summed E-state index contributed by atoms with van der Waals surface area (Å²) in [5.74, 6) is 1.08. The molecule has 2 aromatic heterocycles. The van der Waals surface area contributed by atoms with Crippen molar-refractivity contribution in [2.45, 2.75) is 38.9 Å². The van der Waals surface area contributed by atoms with Crippen LogP contribution in [0.3, 0.4) is 0 Å². The third kappa shape index (κ3) is 2.55. The minimum atomic E-state index is 0.442. The third-order valence-corrected chi connectivity index (χ3v) is 4.56. The van der Waals surface area contributed by atoms with Gasteiger partial charge in [-0.2, -0.15) is 0 Å². The monoisotopic (exact) mass is 294 g/mol. The molecule has 6 heteroatoms. The second-order valence-electron chi connectivity index (χ2n) is 5.60. The first kappa shape index (κ1) is 13.9. The van der Waals surface area contributed by atoms with E-state index in [2.05, 4.69) is 47.1 Å². The lowest BCUT2D eigenvalue weighted by molar-refractivity contribution is 0.193. The SMILES string of the molecule is CC(C)NCc1c(N(C)C2CCOC2)nc2sccn12. The van der Waals surface area contributed by atoms with Crippen LogP contribution in [0.2, 0.25) is 0 Å². The number of fused-ring (bicyclic) bond motifs is 1. The molecule has 1 N–H and O–H groups in total. The number of imidazole rings is 1. The molecule has 1 atom stereocenters. The zero-order chi connectivity index (χ0) is 14.1. The molecule has 20 heavy (non-hydrogen) atoms. The van der Waals surface area contributed by atoms with Crippen LogP contribution < -0.4 is 10.2 Å². The van der Waals surface area contributed by atoms with Gasteiger partial charge in [0.05, 0.1) is 18.3 Å². The second kappa shape index (κ2) is 5.71. The van der Waals surface area contributed by atoms with E-state index in [0.717, 1.165) is 37.0 Å². The molecule has 1 aliphatic rings. The minimum absolute atomic E-state index is 0.442. The molecule has 3 heterocycles. The quantitative estimate of drug-likeness (QED) is 0.917. The first-order valence-electron chi connectivity index (χ1n) is 7.15. The molecule has 0 radical (unpaired) electrons. The van der Waals surface area contributed by atoms with Crippen molar-refractivity contribution in [3.05, 3.63) is 17.3 Å². The number of hydrogen-bond donors (Lipinski definition) is 1. The Kier molecular flexibility index (Phi) is 3.96. The fourth-order valence-corrected chi connectivity index (χ4v) is 3.30. The van der Waals surface area contributed by atoms with Crippen LogP contribution >= 0.6 is 11.3 Å². The van der Waals surface area contributed by atoms with Gasteiger partial charge in [0.25, 0.3) is 0 Å². The van der Waals surface area contributed by atoms with Crippen molar-refractivity contribution >= 4 is 22.1 Å². The van der Waals surface area contributed by atoms with Crippen LogP contribution in [0.5, 0.6) is 0 Å². The van der Waals surface area contributed by atoms with Crippen LogP contribution in [-0.4, -0.2) is 41.7 Å². The highest BCUT2D eigenvalue weighted by Gasteiger charge is 2.25. The van der Waals surface area contributed by atoms with E-state index < -0.39 is 0 Å². The Bertz CT molecular complexity index is 571. The lowest BCUT2D eigenvalue weighted by Crippen LogP contribution is -2.33. The summed E-state index contributed by atoms with van der Waals surface area (Å²) in [4.78, 5) is 8.15. The zero-order valence-electron chi connectivity index (χ0n) is 12.3. The van der Waals surface area contributed by atoms with Gasteiger partial charge in [-0.05, 0) is 6.42 Å². The standard InChI is InChI=1S/C14H22N4OS/c1-10(2)15-8-12-13(16-14-18(12)5-7-20-14)17(3)11-4-6-19-9-11/h5,7,10-11,15H,4,6,8-9H2,1-3H3.